The summed E-state index contributed by atoms with van der Waals surface area (Å²) in [7, 11) is 2.73. The summed E-state index contributed by atoms with van der Waals surface area (Å²) in [5.41, 5.74) is 1.88. The maximum absolute atomic E-state index is 13.6. The van der Waals surface area contributed by atoms with E-state index in [-0.39, 0.29) is 21.3 Å². The number of aliphatic hydroxyl groups is 1. The second-order valence-corrected chi connectivity index (χ2v) is 10.7. The fourth-order valence-corrected chi connectivity index (χ4v) is 5.89. The normalized spacial score (nSPS) is 15.7. The number of esters is 1. The Morgan fingerprint density at radius 2 is 1.75 bits per heavy atom. The fraction of sp³-hybridized carbons (Fsp3) is 0.212. The Balaban J connectivity index is 1.64. The largest absolute Gasteiger partial charge is 0.507 e. The number of carbonyl (C=O) groups is 3. The van der Waals surface area contributed by atoms with Crippen LogP contribution in [0.25, 0.3) is 5.76 Å². The van der Waals surface area contributed by atoms with Crippen molar-refractivity contribution in [1.82, 2.24) is 4.98 Å². The molecule has 4 aromatic rings. The van der Waals surface area contributed by atoms with Crippen LogP contribution in [0.5, 0.6) is 17.2 Å². The third kappa shape index (κ3) is 5.86. The molecule has 44 heavy (non-hydrogen) atoms. The summed E-state index contributed by atoms with van der Waals surface area (Å²) in [5.74, 6) is -1.54. The van der Waals surface area contributed by atoms with Gasteiger partial charge in [0.2, 0.25) is 0 Å². The highest BCUT2D eigenvalue weighted by molar-refractivity contribution is 7.17. The van der Waals surface area contributed by atoms with Gasteiger partial charge in [-0.2, -0.15) is 0 Å². The van der Waals surface area contributed by atoms with Gasteiger partial charge in [-0.1, -0.05) is 59.9 Å². The summed E-state index contributed by atoms with van der Waals surface area (Å²) >= 11 is 0.918. The van der Waals surface area contributed by atoms with E-state index in [9.17, 15) is 19.5 Å². The number of rotatable bonds is 10. The van der Waals surface area contributed by atoms with Gasteiger partial charge in [0.1, 0.15) is 23.0 Å². The van der Waals surface area contributed by atoms with Crippen LogP contribution in [-0.2, 0) is 20.9 Å². The number of hydrogen-bond acceptors (Lipinski definition) is 10. The number of carbonyl (C=O) groups excluding carboxylic acids is 3. The lowest BCUT2D eigenvalue weighted by molar-refractivity contribution is -0.132. The number of thiazole rings is 1. The minimum atomic E-state index is -1.11. The first-order valence-electron chi connectivity index (χ1n) is 13.7. The smallest absolute Gasteiger partial charge is 0.350 e. The predicted octanol–water partition coefficient (Wildman–Crippen LogP) is 5.85. The molecular weight excluding hydrogens is 584 g/mol. The lowest BCUT2D eigenvalue weighted by Crippen LogP contribution is -2.29. The zero-order chi connectivity index (χ0) is 31.4. The number of anilines is 1. The number of methoxy groups -OCH3 is 2. The molecule has 1 amide bonds. The van der Waals surface area contributed by atoms with Crippen LogP contribution in [0.3, 0.4) is 0 Å². The van der Waals surface area contributed by atoms with Gasteiger partial charge in [0, 0.05) is 5.56 Å². The number of Topliss-reactive ketones (excluding diaryl/α,β-unsaturated/α-hetero) is 1. The Morgan fingerprint density at radius 1 is 0.977 bits per heavy atom. The van der Waals surface area contributed by atoms with Crippen LogP contribution in [0.4, 0.5) is 5.13 Å². The molecule has 1 atom stereocenters. The summed E-state index contributed by atoms with van der Waals surface area (Å²) in [6, 6.07) is 20.1. The van der Waals surface area contributed by atoms with E-state index < -0.39 is 23.7 Å². The molecule has 1 unspecified atom stereocenters. The number of hydrogen-bond donors (Lipinski definition) is 1. The standard InChI is InChI=1S/C33H30N2O8S/c1-5-42-23-13-9-12-22(16-23)28(36)26-27(35(31(38)29(26)37)33-34-19(2)30(44-33)32(39)41-4)21-14-15-24(25(17-21)40-3)43-18-20-10-7-6-8-11-20/h6-17,27,36H,5,18H2,1-4H3/b28-26+. The zero-order valence-corrected chi connectivity index (χ0v) is 25.3. The quantitative estimate of drug-likeness (QED) is 0.101. The van der Waals surface area contributed by atoms with Crippen molar-refractivity contribution < 1.29 is 38.4 Å². The van der Waals surface area contributed by atoms with Gasteiger partial charge in [-0.25, -0.2) is 9.78 Å². The lowest BCUT2D eigenvalue weighted by atomic mass is 9.95. The number of ether oxygens (including phenoxy) is 4. The van der Waals surface area contributed by atoms with E-state index in [1.165, 1.54) is 19.1 Å². The summed E-state index contributed by atoms with van der Waals surface area (Å²) in [5, 5.41) is 11.6. The molecule has 0 radical (unpaired) electrons. The number of benzene rings is 3. The van der Waals surface area contributed by atoms with Crippen molar-refractivity contribution in [2.24, 2.45) is 0 Å². The van der Waals surface area contributed by atoms with Gasteiger partial charge in [0.05, 0.1) is 38.1 Å². The van der Waals surface area contributed by atoms with E-state index in [1.807, 2.05) is 37.3 Å². The van der Waals surface area contributed by atoms with Gasteiger partial charge in [-0.3, -0.25) is 14.5 Å². The Hall–Kier alpha value is -5.16. The summed E-state index contributed by atoms with van der Waals surface area (Å²) in [4.78, 5) is 45.5. The van der Waals surface area contributed by atoms with Gasteiger partial charge in [0.25, 0.3) is 5.78 Å². The van der Waals surface area contributed by atoms with Crippen LogP contribution in [0.2, 0.25) is 0 Å². The van der Waals surface area contributed by atoms with Crippen molar-refractivity contribution >= 4 is 39.9 Å². The molecule has 3 aromatic carbocycles. The summed E-state index contributed by atoms with van der Waals surface area (Å²) in [6.45, 7) is 4.13. The van der Waals surface area contributed by atoms with Crippen molar-refractivity contribution in [3.8, 4) is 17.2 Å². The van der Waals surface area contributed by atoms with Crippen LogP contribution < -0.4 is 19.1 Å². The first kappa shape index (κ1) is 30.3. The van der Waals surface area contributed by atoms with Crippen molar-refractivity contribution in [1.29, 1.82) is 0 Å². The van der Waals surface area contributed by atoms with Crippen molar-refractivity contribution in [3.05, 3.63) is 106 Å². The van der Waals surface area contributed by atoms with Gasteiger partial charge >= 0.3 is 11.9 Å². The summed E-state index contributed by atoms with van der Waals surface area (Å²) in [6.07, 6.45) is 0. The fourth-order valence-electron chi connectivity index (χ4n) is 4.88. The molecule has 1 aliphatic heterocycles. The molecule has 0 saturated carbocycles. The van der Waals surface area contributed by atoms with Crippen LogP contribution in [-0.4, -0.2) is 48.6 Å². The zero-order valence-electron chi connectivity index (χ0n) is 24.5. The Bertz CT molecular complexity index is 1750. The highest BCUT2D eigenvalue weighted by Crippen LogP contribution is 2.45. The number of aryl methyl sites for hydroxylation is 1. The molecule has 5 rings (SSSR count). The average Bonchev–Trinajstić information content (AvgIpc) is 3.55. The molecule has 0 bridgehead atoms. The molecule has 1 fully saturated rings. The van der Waals surface area contributed by atoms with E-state index >= 15 is 0 Å². The van der Waals surface area contributed by atoms with E-state index in [4.69, 9.17) is 18.9 Å². The lowest BCUT2D eigenvalue weighted by Gasteiger charge is -2.24. The average molecular weight is 615 g/mol. The molecule has 10 nitrogen and oxygen atoms in total. The molecule has 0 aliphatic carbocycles. The highest BCUT2D eigenvalue weighted by atomic mass is 32.1. The predicted molar refractivity (Wildman–Crippen MR) is 164 cm³/mol. The van der Waals surface area contributed by atoms with Crippen LogP contribution in [0.1, 0.15) is 45.0 Å². The Kier molecular flexibility index (Phi) is 8.96. The maximum atomic E-state index is 13.6. The van der Waals surface area contributed by atoms with Gasteiger partial charge in [-0.05, 0) is 49.2 Å². The number of aromatic nitrogens is 1. The number of nitrogens with zero attached hydrogens (tertiary/aromatic N) is 2. The summed E-state index contributed by atoms with van der Waals surface area (Å²) < 4.78 is 22.1. The molecule has 2 heterocycles. The minimum Gasteiger partial charge on any atom is -0.507 e. The van der Waals surface area contributed by atoms with Crippen LogP contribution in [0.15, 0.2) is 78.4 Å². The molecule has 1 N–H and O–H groups in total. The number of aliphatic hydroxyl groups excluding tert-OH is 1. The Labute approximate surface area is 258 Å². The second-order valence-electron chi connectivity index (χ2n) is 9.72. The van der Waals surface area contributed by atoms with Crippen LogP contribution in [0, 0.1) is 6.92 Å². The van der Waals surface area contributed by atoms with Gasteiger partial charge < -0.3 is 24.1 Å². The van der Waals surface area contributed by atoms with E-state index in [1.54, 1.807) is 49.4 Å². The highest BCUT2D eigenvalue weighted by Gasteiger charge is 2.48. The third-order valence-corrected chi connectivity index (χ3v) is 8.10. The topological polar surface area (TPSA) is 124 Å². The molecule has 11 heteroatoms. The van der Waals surface area contributed by atoms with Gasteiger partial charge in [-0.15, -0.1) is 0 Å². The molecule has 1 aromatic heterocycles. The van der Waals surface area contributed by atoms with Gasteiger partial charge in [0.15, 0.2) is 16.6 Å². The van der Waals surface area contributed by atoms with E-state index in [2.05, 4.69) is 4.98 Å². The van der Waals surface area contributed by atoms with E-state index in [0.717, 1.165) is 16.9 Å². The molecular formula is C33H30N2O8S. The third-order valence-electron chi connectivity index (χ3n) is 6.97. The first-order chi connectivity index (χ1) is 21.3. The second kappa shape index (κ2) is 13.0. The monoisotopic (exact) mass is 614 g/mol. The maximum Gasteiger partial charge on any atom is 0.350 e. The van der Waals surface area contributed by atoms with Crippen molar-refractivity contribution in [2.45, 2.75) is 26.5 Å². The molecule has 226 valence electrons. The molecule has 1 saturated heterocycles. The van der Waals surface area contributed by atoms with Crippen molar-refractivity contribution in [3.63, 3.8) is 0 Å². The molecule has 0 spiro atoms. The Morgan fingerprint density at radius 3 is 2.45 bits per heavy atom. The van der Waals surface area contributed by atoms with E-state index in [0.29, 0.717) is 47.3 Å². The SMILES string of the molecule is CCOc1cccc(/C(O)=C2\C(=O)C(=O)N(c3nc(C)c(C(=O)OC)s3)C2c2ccc(OCc3ccccc3)c(OC)c2)c1. The number of ketones is 1. The minimum absolute atomic E-state index is 0.0977. The van der Waals surface area contributed by atoms with Crippen molar-refractivity contribution in [2.75, 3.05) is 25.7 Å². The first-order valence-corrected chi connectivity index (χ1v) is 14.5. The molecule has 1 aliphatic rings. The number of amides is 1. The van der Waals surface area contributed by atoms with Crippen LogP contribution >= 0.6 is 11.3 Å².